The highest BCUT2D eigenvalue weighted by molar-refractivity contribution is 5.48. The number of rotatable bonds is 2. The van der Waals surface area contributed by atoms with E-state index in [2.05, 4.69) is 29.2 Å². The average molecular weight is 337 g/mol. The summed E-state index contributed by atoms with van der Waals surface area (Å²) >= 11 is 0. The second kappa shape index (κ2) is 6.26. The number of alkyl halides is 2. The van der Waals surface area contributed by atoms with Gasteiger partial charge >= 0.3 is 0 Å². The van der Waals surface area contributed by atoms with Crippen molar-refractivity contribution in [1.82, 2.24) is 0 Å². The van der Waals surface area contributed by atoms with Crippen molar-refractivity contribution >= 4 is 5.69 Å². The van der Waals surface area contributed by atoms with Gasteiger partial charge in [-0.05, 0) is 36.5 Å². The van der Waals surface area contributed by atoms with Crippen LogP contribution in [0.3, 0.4) is 0 Å². The number of benzene rings is 1. The van der Waals surface area contributed by atoms with E-state index in [0.717, 1.165) is 31.4 Å². The van der Waals surface area contributed by atoms with Gasteiger partial charge in [0, 0.05) is 44.5 Å². The number of piperidine rings is 1. The molecule has 1 aromatic carbocycles. The minimum Gasteiger partial charge on any atom is -0.371 e. The van der Waals surface area contributed by atoms with Crippen LogP contribution in [0, 0.1) is 0 Å². The molecule has 2 saturated heterocycles. The lowest BCUT2D eigenvalue weighted by molar-refractivity contribution is -0.178. The lowest BCUT2D eigenvalue weighted by Crippen LogP contribution is -2.39. The maximum Gasteiger partial charge on any atom is 0.251 e. The van der Waals surface area contributed by atoms with Gasteiger partial charge in [0.05, 0.1) is 13.2 Å². The maximum atomic E-state index is 13.3. The third-order valence-electron chi connectivity index (χ3n) is 5.79. The molecular formula is C19H25F2NO2. The van der Waals surface area contributed by atoms with Crippen molar-refractivity contribution in [2.24, 2.45) is 0 Å². The fourth-order valence-electron chi connectivity index (χ4n) is 4.23. The number of hydrogen-bond acceptors (Lipinski definition) is 3. The molecule has 0 N–H and O–H groups in total. The molecular weight excluding hydrogens is 312 g/mol. The first-order valence-electron chi connectivity index (χ1n) is 9.06. The Morgan fingerprint density at radius 1 is 0.875 bits per heavy atom. The number of hydrogen-bond donors (Lipinski definition) is 0. The Labute approximate surface area is 141 Å². The molecule has 1 aliphatic carbocycles. The van der Waals surface area contributed by atoms with E-state index in [0.29, 0.717) is 32.2 Å². The Morgan fingerprint density at radius 2 is 1.46 bits per heavy atom. The van der Waals surface area contributed by atoms with Crippen molar-refractivity contribution in [3.05, 3.63) is 29.8 Å². The molecule has 1 saturated carbocycles. The Morgan fingerprint density at radius 3 is 2.04 bits per heavy atom. The van der Waals surface area contributed by atoms with Crippen LogP contribution in [0.5, 0.6) is 0 Å². The fourth-order valence-corrected chi connectivity index (χ4v) is 4.23. The summed E-state index contributed by atoms with van der Waals surface area (Å²) in [6, 6.07) is 8.51. The summed E-state index contributed by atoms with van der Waals surface area (Å²) < 4.78 is 38.1. The van der Waals surface area contributed by atoms with Crippen molar-refractivity contribution in [3.63, 3.8) is 0 Å². The van der Waals surface area contributed by atoms with Gasteiger partial charge < -0.3 is 14.4 Å². The molecule has 4 rings (SSSR count). The SMILES string of the molecule is FC1(F)CCN(c2ccc(C3CCC4(CC3)OCCO4)cc2)CC1. The summed E-state index contributed by atoms with van der Waals surface area (Å²) in [4.78, 5) is 2.07. The van der Waals surface area contributed by atoms with E-state index in [4.69, 9.17) is 9.47 Å². The molecule has 5 heteroatoms. The second-order valence-corrected chi connectivity index (χ2v) is 7.32. The zero-order valence-electron chi connectivity index (χ0n) is 14.0. The van der Waals surface area contributed by atoms with Crippen LogP contribution < -0.4 is 4.90 Å². The highest BCUT2D eigenvalue weighted by Crippen LogP contribution is 2.42. The molecule has 132 valence electrons. The van der Waals surface area contributed by atoms with E-state index in [1.165, 1.54) is 5.56 Å². The standard InChI is InChI=1S/C19H25F2NO2/c20-18(21)9-11-22(12-10-18)17-3-1-15(2-4-17)16-5-7-19(8-6-16)23-13-14-24-19/h1-4,16H,5-14H2. The number of halogens is 2. The molecule has 3 aliphatic rings. The first-order valence-corrected chi connectivity index (χ1v) is 9.06. The largest absolute Gasteiger partial charge is 0.371 e. The molecule has 24 heavy (non-hydrogen) atoms. The second-order valence-electron chi connectivity index (χ2n) is 7.32. The van der Waals surface area contributed by atoms with Crippen LogP contribution in [0.15, 0.2) is 24.3 Å². The van der Waals surface area contributed by atoms with Gasteiger partial charge in [0.15, 0.2) is 5.79 Å². The van der Waals surface area contributed by atoms with Crippen molar-refractivity contribution in [3.8, 4) is 0 Å². The molecule has 2 aliphatic heterocycles. The third kappa shape index (κ3) is 3.29. The van der Waals surface area contributed by atoms with Crippen molar-refractivity contribution in [2.75, 3.05) is 31.2 Å². The van der Waals surface area contributed by atoms with Crippen molar-refractivity contribution < 1.29 is 18.3 Å². The normalized spacial score (nSPS) is 26.8. The first kappa shape index (κ1) is 16.3. The molecule has 0 amide bonds. The first-order chi connectivity index (χ1) is 11.6. The summed E-state index contributed by atoms with van der Waals surface area (Å²) in [6.07, 6.45) is 3.99. The summed E-state index contributed by atoms with van der Waals surface area (Å²) in [5.41, 5.74) is 2.40. The molecule has 0 radical (unpaired) electrons. The van der Waals surface area contributed by atoms with Gasteiger partial charge in [0.25, 0.3) is 5.92 Å². The summed E-state index contributed by atoms with van der Waals surface area (Å²) in [5, 5.41) is 0. The van der Waals surface area contributed by atoms with E-state index in [1.807, 2.05) is 0 Å². The quantitative estimate of drug-likeness (QED) is 0.802. The number of anilines is 1. The summed E-state index contributed by atoms with van der Waals surface area (Å²) in [5.74, 6) is -2.25. The Kier molecular flexibility index (Phi) is 4.25. The minimum atomic E-state index is -2.49. The topological polar surface area (TPSA) is 21.7 Å². The molecule has 3 nitrogen and oxygen atoms in total. The van der Waals surface area contributed by atoms with Gasteiger partial charge in [-0.15, -0.1) is 0 Å². The van der Waals surface area contributed by atoms with E-state index in [-0.39, 0.29) is 18.6 Å². The Hall–Kier alpha value is -1.20. The van der Waals surface area contributed by atoms with Crippen LogP contribution in [0.1, 0.15) is 50.0 Å². The average Bonchev–Trinajstić information content (AvgIpc) is 3.04. The van der Waals surface area contributed by atoms with Crippen LogP contribution >= 0.6 is 0 Å². The molecule has 3 fully saturated rings. The van der Waals surface area contributed by atoms with Crippen molar-refractivity contribution in [1.29, 1.82) is 0 Å². The predicted octanol–water partition coefficient (Wildman–Crippen LogP) is 4.32. The molecule has 0 unspecified atom stereocenters. The zero-order valence-corrected chi connectivity index (χ0v) is 14.0. The lowest BCUT2D eigenvalue weighted by atomic mass is 9.81. The van der Waals surface area contributed by atoms with Crippen molar-refractivity contribution in [2.45, 2.75) is 56.2 Å². The number of nitrogens with zero attached hydrogens (tertiary/aromatic N) is 1. The third-order valence-corrected chi connectivity index (χ3v) is 5.79. The van der Waals surface area contributed by atoms with Gasteiger partial charge in [-0.25, -0.2) is 8.78 Å². The highest BCUT2D eigenvalue weighted by atomic mass is 19.3. The van der Waals surface area contributed by atoms with Crippen LogP contribution in [0.4, 0.5) is 14.5 Å². The van der Waals surface area contributed by atoms with Gasteiger partial charge in [-0.1, -0.05) is 12.1 Å². The molecule has 0 bridgehead atoms. The number of ether oxygens (including phenoxy) is 2. The predicted molar refractivity (Wildman–Crippen MR) is 88.7 cm³/mol. The molecule has 0 atom stereocenters. The van der Waals surface area contributed by atoms with Crippen LogP contribution in [-0.2, 0) is 9.47 Å². The van der Waals surface area contributed by atoms with Crippen LogP contribution in [0.25, 0.3) is 0 Å². The fraction of sp³-hybridized carbons (Fsp3) is 0.684. The highest BCUT2D eigenvalue weighted by Gasteiger charge is 2.40. The zero-order chi connectivity index (χ0) is 16.6. The van der Waals surface area contributed by atoms with Gasteiger partial charge in [-0.2, -0.15) is 0 Å². The van der Waals surface area contributed by atoms with E-state index in [9.17, 15) is 8.78 Å². The summed E-state index contributed by atoms with van der Waals surface area (Å²) in [7, 11) is 0. The Bertz CT molecular complexity index is 549. The van der Waals surface area contributed by atoms with Crippen LogP contribution in [-0.4, -0.2) is 38.0 Å². The van der Waals surface area contributed by atoms with E-state index >= 15 is 0 Å². The smallest absolute Gasteiger partial charge is 0.251 e. The van der Waals surface area contributed by atoms with Crippen LogP contribution in [0.2, 0.25) is 0 Å². The molecule has 2 heterocycles. The van der Waals surface area contributed by atoms with E-state index in [1.54, 1.807) is 0 Å². The maximum absolute atomic E-state index is 13.3. The van der Waals surface area contributed by atoms with Gasteiger partial charge in [-0.3, -0.25) is 0 Å². The lowest BCUT2D eigenvalue weighted by Gasteiger charge is -2.36. The van der Waals surface area contributed by atoms with E-state index < -0.39 is 5.92 Å². The monoisotopic (exact) mass is 337 g/mol. The molecule has 0 aromatic heterocycles. The molecule has 1 spiro atoms. The summed E-state index contributed by atoms with van der Waals surface area (Å²) in [6.45, 7) is 2.31. The molecule has 1 aromatic rings. The minimum absolute atomic E-state index is 0.0422. The van der Waals surface area contributed by atoms with Gasteiger partial charge in [0.2, 0.25) is 0 Å². The van der Waals surface area contributed by atoms with Gasteiger partial charge in [0.1, 0.15) is 0 Å². The Balaban J connectivity index is 1.36.